The fourth-order valence-electron chi connectivity index (χ4n) is 2.35. The Labute approximate surface area is 165 Å². The molecule has 28 heavy (non-hydrogen) atoms. The van der Waals surface area contributed by atoms with Crippen molar-refractivity contribution in [2.75, 3.05) is 13.6 Å². The number of nitrogens with zero attached hydrogens (tertiary/aromatic N) is 3. The third-order valence-electron chi connectivity index (χ3n) is 3.85. The number of sulfonamides is 1. The van der Waals surface area contributed by atoms with E-state index in [4.69, 9.17) is 0 Å². The van der Waals surface area contributed by atoms with Gasteiger partial charge in [0.05, 0.1) is 23.7 Å². The van der Waals surface area contributed by atoms with E-state index in [1.807, 2.05) is 17.5 Å². The molecule has 1 amide bonds. The first-order chi connectivity index (χ1) is 13.4. The van der Waals surface area contributed by atoms with Crippen molar-refractivity contribution >= 4 is 27.3 Å². The maximum atomic E-state index is 13.0. The fraction of sp³-hybridized carbons (Fsp3) is 0.167. The summed E-state index contributed by atoms with van der Waals surface area (Å²) in [6.45, 7) is -0.165. The Balaban J connectivity index is 1.57. The van der Waals surface area contributed by atoms with Crippen molar-refractivity contribution in [1.29, 1.82) is 0 Å². The van der Waals surface area contributed by atoms with Crippen LogP contribution in [0, 0.1) is 5.82 Å². The molecular formula is C18H17FN4O3S2. The summed E-state index contributed by atoms with van der Waals surface area (Å²) in [5, 5.41) is 5.23. The second kappa shape index (κ2) is 8.55. The second-order valence-corrected chi connectivity index (χ2v) is 8.84. The zero-order chi connectivity index (χ0) is 20.1. The van der Waals surface area contributed by atoms with Gasteiger partial charge in [-0.25, -0.2) is 17.8 Å². The lowest BCUT2D eigenvalue weighted by Crippen LogP contribution is -2.38. The summed E-state index contributed by atoms with van der Waals surface area (Å²) >= 11 is 1.40. The van der Waals surface area contributed by atoms with Crippen molar-refractivity contribution in [3.8, 4) is 11.3 Å². The SMILES string of the molecule is CN(CC(=O)NCc1nc(-c2ccncc2)cs1)S(=O)(=O)c1ccc(F)cc1. The normalized spacial score (nSPS) is 11.5. The number of rotatable bonds is 7. The van der Waals surface area contributed by atoms with Gasteiger partial charge < -0.3 is 5.32 Å². The fourth-order valence-corrected chi connectivity index (χ4v) is 4.22. The third-order valence-corrected chi connectivity index (χ3v) is 6.52. The summed E-state index contributed by atoms with van der Waals surface area (Å²) in [4.78, 5) is 20.5. The van der Waals surface area contributed by atoms with E-state index in [1.165, 1.54) is 18.4 Å². The first kappa shape index (κ1) is 20.1. The standard InChI is InChI=1S/C18H17FN4O3S2/c1-23(28(25,26)15-4-2-14(19)3-5-15)11-17(24)21-10-18-22-16(12-27-18)13-6-8-20-9-7-13/h2-9,12H,10-11H2,1H3,(H,21,24). The summed E-state index contributed by atoms with van der Waals surface area (Å²) in [7, 11) is -2.58. The summed E-state index contributed by atoms with van der Waals surface area (Å²) in [5.74, 6) is -0.997. The molecule has 0 saturated heterocycles. The second-order valence-electron chi connectivity index (χ2n) is 5.85. The number of carbonyl (C=O) groups excluding carboxylic acids is 1. The van der Waals surface area contributed by atoms with Crippen LogP contribution in [0.3, 0.4) is 0 Å². The summed E-state index contributed by atoms with van der Waals surface area (Å²) in [6.07, 6.45) is 3.35. The number of aromatic nitrogens is 2. The highest BCUT2D eigenvalue weighted by Gasteiger charge is 2.23. The van der Waals surface area contributed by atoms with Gasteiger partial charge in [0.15, 0.2) is 0 Å². The molecule has 0 aliphatic carbocycles. The Bertz CT molecular complexity index is 1050. The Morgan fingerprint density at radius 1 is 1.18 bits per heavy atom. The molecule has 0 spiro atoms. The molecule has 0 fully saturated rings. The molecule has 1 aromatic carbocycles. The van der Waals surface area contributed by atoms with Crippen molar-refractivity contribution in [3.63, 3.8) is 0 Å². The Morgan fingerprint density at radius 3 is 2.54 bits per heavy atom. The first-order valence-electron chi connectivity index (χ1n) is 8.19. The minimum atomic E-state index is -3.88. The molecule has 0 saturated carbocycles. The largest absolute Gasteiger partial charge is 0.348 e. The first-order valence-corrected chi connectivity index (χ1v) is 10.5. The van der Waals surface area contributed by atoms with Crippen molar-refractivity contribution < 1.29 is 17.6 Å². The average molecular weight is 420 g/mol. The molecule has 3 aromatic rings. The predicted octanol–water partition coefficient (Wildman–Crippen LogP) is 2.28. The van der Waals surface area contributed by atoms with Crippen molar-refractivity contribution in [2.24, 2.45) is 0 Å². The molecule has 146 valence electrons. The van der Waals surface area contributed by atoms with Gasteiger partial charge in [-0.15, -0.1) is 11.3 Å². The van der Waals surface area contributed by atoms with E-state index in [9.17, 15) is 17.6 Å². The summed E-state index contributed by atoms with van der Waals surface area (Å²) in [5.41, 5.74) is 1.71. The van der Waals surface area contributed by atoms with Gasteiger partial charge in [-0.05, 0) is 36.4 Å². The minimum Gasteiger partial charge on any atom is -0.348 e. The molecule has 0 unspecified atom stereocenters. The lowest BCUT2D eigenvalue weighted by Gasteiger charge is -2.16. The van der Waals surface area contributed by atoms with Crippen LogP contribution in [0.5, 0.6) is 0 Å². The number of benzene rings is 1. The Morgan fingerprint density at radius 2 is 1.86 bits per heavy atom. The molecule has 2 heterocycles. The predicted molar refractivity (Wildman–Crippen MR) is 103 cm³/mol. The van der Waals surface area contributed by atoms with Gasteiger partial charge >= 0.3 is 0 Å². The number of likely N-dealkylation sites (N-methyl/N-ethyl adjacent to an activating group) is 1. The number of nitrogens with one attached hydrogen (secondary N) is 1. The number of pyridine rings is 1. The van der Waals surface area contributed by atoms with E-state index in [1.54, 1.807) is 12.4 Å². The maximum Gasteiger partial charge on any atom is 0.243 e. The number of halogens is 1. The number of amides is 1. The summed E-state index contributed by atoms with van der Waals surface area (Å²) < 4.78 is 38.7. The number of hydrogen-bond donors (Lipinski definition) is 1. The number of carbonyl (C=O) groups is 1. The van der Waals surface area contributed by atoms with Crippen LogP contribution in [0.15, 0.2) is 59.1 Å². The van der Waals surface area contributed by atoms with E-state index in [-0.39, 0.29) is 18.0 Å². The molecule has 0 atom stereocenters. The van der Waals surface area contributed by atoms with E-state index in [0.29, 0.717) is 5.01 Å². The zero-order valence-corrected chi connectivity index (χ0v) is 16.5. The van der Waals surface area contributed by atoms with E-state index < -0.39 is 21.7 Å². The van der Waals surface area contributed by atoms with Gasteiger partial charge in [-0.2, -0.15) is 4.31 Å². The molecule has 0 radical (unpaired) electrons. The zero-order valence-electron chi connectivity index (χ0n) is 14.9. The van der Waals surface area contributed by atoms with Gasteiger partial charge in [-0.1, -0.05) is 0 Å². The molecule has 3 rings (SSSR count). The van der Waals surface area contributed by atoms with Crippen molar-refractivity contribution in [1.82, 2.24) is 19.6 Å². The third kappa shape index (κ3) is 4.77. The number of thiazole rings is 1. The lowest BCUT2D eigenvalue weighted by atomic mass is 10.2. The molecule has 0 bridgehead atoms. The van der Waals surface area contributed by atoms with Gasteiger partial charge in [0.2, 0.25) is 15.9 Å². The van der Waals surface area contributed by atoms with Gasteiger partial charge in [-0.3, -0.25) is 9.78 Å². The van der Waals surface area contributed by atoms with Gasteiger partial charge in [0, 0.05) is 30.4 Å². The van der Waals surface area contributed by atoms with Crippen LogP contribution in [0.1, 0.15) is 5.01 Å². The van der Waals surface area contributed by atoms with Crippen molar-refractivity contribution in [3.05, 3.63) is 65.0 Å². The molecule has 0 aliphatic heterocycles. The van der Waals surface area contributed by atoms with E-state index in [0.717, 1.165) is 39.8 Å². The van der Waals surface area contributed by atoms with Crippen LogP contribution < -0.4 is 5.32 Å². The van der Waals surface area contributed by atoms with Crippen LogP contribution >= 0.6 is 11.3 Å². The smallest absolute Gasteiger partial charge is 0.243 e. The monoisotopic (exact) mass is 420 g/mol. The average Bonchev–Trinajstić information content (AvgIpc) is 3.16. The molecule has 10 heteroatoms. The minimum absolute atomic E-state index is 0.0777. The maximum absolute atomic E-state index is 13.0. The molecular weight excluding hydrogens is 403 g/mol. The van der Waals surface area contributed by atoms with Crippen LogP contribution in [-0.2, 0) is 21.4 Å². The highest BCUT2D eigenvalue weighted by molar-refractivity contribution is 7.89. The lowest BCUT2D eigenvalue weighted by molar-refractivity contribution is -0.121. The molecule has 7 nitrogen and oxygen atoms in total. The van der Waals surface area contributed by atoms with Crippen LogP contribution in [0.4, 0.5) is 4.39 Å². The van der Waals surface area contributed by atoms with Crippen LogP contribution in [-0.4, -0.2) is 42.2 Å². The topological polar surface area (TPSA) is 92.3 Å². The molecule has 0 aliphatic rings. The highest BCUT2D eigenvalue weighted by atomic mass is 32.2. The Kier molecular flexibility index (Phi) is 6.12. The van der Waals surface area contributed by atoms with Crippen LogP contribution in [0.2, 0.25) is 0 Å². The molecule has 2 aromatic heterocycles. The number of hydrogen-bond acceptors (Lipinski definition) is 6. The van der Waals surface area contributed by atoms with Crippen molar-refractivity contribution in [2.45, 2.75) is 11.4 Å². The Hall–Kier alpha value is -2.69. The van der Waals surface area contributed by atoms with Gasteiger partial charge in [0.1, 0.15) is 10.8 Å². The quantitative estimate of drug-likeness (QED) is 0.633. The van der Waals surface area contributed by atoms with E-state index >= 15 is 0 Å². The van der Waals surface area contributed by atoms with E-state index in [2.05, 4.69) is 15.3 Å². The highest BCUT2D eigenvalue weighted by Crippen LogP contribution is 2.21. The summed E-state index contributed by atoms with van der Waals surface area (Å²) in [6, 6.07) is 8.12. The van der Waals surface area contributed by atoms with Gasteiger partial charge in [0.25, 0.3) is 0 Å². The molecule has 1 N–H and O–H groups in total. The van der Waals surface area contributed by atoms with Crippen LogP contribution in [0.25, 0.3) is 11.3 Å².